The average Bonchev–Trinajstić information content (AvgIpc) is 3.22. The molecule has 1 aromatic carbocycles. The molecule has 0 unspecified atom stereocenters. The Labute approximate surface area is 127 Å². The van der Waals surface area contributed by atoms with Gasteiger partial charge in [-0.15, -0.1) is 5.10 Å². The van der Waals surface area contributed by atoms with E-state index in [-0.39, 0.29) is 5.82 Å². The fourth-order valence-corrected chi connectivity index (χ4v) is 3.09. The SMILES string of the molecule is CCCNCc1c(F)cccc1Sc1nnnn1C1CC1. The van der Waals surface area contributed by atoms with Gasteiger partial charge in [-0.1, -0.05) is 13.0 Å². The van der Waals surface area contributed by atoms with E-state index in [4.69, 9.17) is 0 Å². The summed E-state index contributed by atoms with van der Waals surface area (Å²) in [7, 11) is 0. The molecule has 1 heterocycles. The molecule has 1 fully saturated rings. The number of benzene rings is 1. The van der Waals surface area contributed by atoms with Crippen molar-refractivity contribution in [1.29, 1.82) is 0 Å². The number of nitrogens with one attached hydrogen (secondary N) is 1. The summed E-state index contributed by atoms with van der Waals surface area (Å²) in [5.74, 6) is -0.186. The van der Waals surface area contributed by atoms with Gasteiger partial charge in [-0.3, -0.25) is 0 Å². The van der Waals surface area contributed by atoms with Gasteiger partial charge in [0.05, 0.1) is 6.04 Å². The third-order valence-corrected chi connectivity index (χ3v) is 4.41. The number of rotatable bonds is 7. The number of halogens is 1. The van der Waals surface area contributed by atoms with E-state index in [0.717, 1.165) is 35.9 Å². The molecule has 2 aromatic rings. The van der Waals surface area contributed by atoms with E-state index in [1.165, 1.54) is 17.8 Å². The minimum absolute atomic E-state index is 0.186. The van der Waals surface area contributed by atoms with Gasteiger partial charge in [0, 0.05) is 17.0 Å². The first-order valence-corrected chi connectivity index (χ1v) is 8.05. The summed E-state index contributed by atoms with van der Waals surface area (Å²) in [5.41, 5.74) is 0.682. The Morgan fingerprint density at radius 2 is 2.29 bits per heavy atom. The summed E-state index contributed by atoms with van der Waals surface area (Å²) in [5, 5.41) is 15.8. The zero-order valence-electron chi connectivity index (χ0n) is 11.9. The maximum absolute atomic E-state index is 14.1. The second-order valence-electron chi connectivity index (χ2n) is 5.13. The lowest BCUT2D eigenvalue weighted by atomic mass is 10.2. The normalized spacial score (nSPS) is 14.6. The molecule has 112 valence electrons. The molecule has 1 aromatic heterocycles. The van der Waals surface area contributed by atoms with E-state index in [0.29, 0.717) is 18.2 Å². The second-order valence-corrected chi connectivity index (χ2v) is 6.14. The van der Waals surface area contributed by atoms with Crippen LogP contribution in [0.15, 0.2) is 28.3 Å². The van der Waals surface area contributed by atoms with Crippen molar-refractivity contribution in [1.82, 2.24) is 25.5 Å². The number of hydrogen-bond acceptors (Lipinski definition) is 5. The highest BCUT2D eigenvalue weighted by atomic mass is 32.2. The van der Waals surface area contributed by atoms with Crippen LogP contribution in [0, 0.1) is 5.82 Å². The van der Waals surface area contributed by atoms with Crippen LogP contribution in [0.25, 0.3) is 0 Å². The Hall–Kier alpha value is -1.47. The molecule has 0 bridgehead atoms. The maximum Gasteiger partial charge on any atom is 0.214 e. The van der Waals surface area contributed by atoms with Crippen LogP contribution in [0.4, 0.5) is 4.39 Å². The lowest BCUT2D eigenvalue weighted by Gasteiger charge is -2.10. The predicted octanol–water partition coefficient (Wildman–Crippen LogP) is 2.80. The highest BCUT2D eigenvalue weighted by molar-refractivity contribution is 7.99. The number of aromatic nitrogens is 4. The first-order valence-electron chi connectivity index (χ1n) is 7.23. The Morgan fingerprint density at radius 1 is 1.43 bits per heavy atom. The molecule has 0 spiro atoms. The molecule has 1 saturated carbocycles. The summed E-state index contributed by atoms with van der Waals surface area (Å²) in [6, 6.07) is 5.56. The second kappa shape index (κ2) is 6.53. The first kappa shape index (κ1) is 14.5. The van der Waals surface area contributed by atoms with Crippen LogP contribution in [0.1, 0.15) is 37.8 Å². The van der Waals surface area contributed by atoms with Crippen LogP contribution in [0.3, 0.4) is 0 Å². The Balaban J connectivity index is 1.80. The van der Waals surface area contributed by atoms with Gasteiger partial charge < -0.3 is 5.32 Å². The van der Waals surface area contributed by atoms with E-state index in [1.807, 2.05) is 10.7 Å². The Morgan fingerprint density at radius 3 is 3.05 bits per heavy atom. The quantitative estimate of drug-likeness (QED) is 0.797. The van der Waals surface area contributed by atoms with Crippen molar-refractivity contribution in [3.8, 4) is 0 Å². The molecular formula is C14H18FN5S. The summed E-state index contributed by atoms with van der Waals surface area (Å²) >= 11 is 1.43. The van der Waals surface area contributed by atoms with E-state index in [1.54, 1.807) is 6.07 Å². The minimum atomic E-state index is -0.186. The summed E-state index contributed by atoms with van der Waals surface area (Å²) in [6.45, 7) is 3.49. The summed E-state index contributed by atoms with van der Waals surface area (Å²) in [4.78, 5) is 0.871. The third kappa shape index (κ3) is 3.41. The molecule has 0 aliphatic heterocycles. The monoisotopic (exact) mass is 307 g/mol. The zero-order valence-corrected chi connectivity index (χ0v) is 12.7. The zero-order chi connectivity index (χ0) is 14.7. The average molecular weight is 307 g/mol. The van der Waals surface area contributed by atoms with Gasteiger partial charge in [0.2, 0.25) is 5.16 Å². The molecule has 1 aliphatic carbocycles. The van der Waals surface area contributed by atoms with Gasteiger partial charge in [0.1, 0.15) is 5.82 Å². The summed E-state index contributed by atoms with van der Waals surface area (Å²) < 4.78 is 15.9. The van der Waals surface area contributed by atoms with Gasteiger partial charge >= 0.3 is 0 Å². The fourth-order valence-electron chi connectivity index (χ4n) is 2.10. The van der Waals surface area contributed by atoms with E-state index < -0.39 is 0 Å². The van der Waals surface area contributed by atoms with Crippen molar-refractivity contribution >= 4 is 11.8 Å². The standard InChI is InChI=1S/C14H18FN5S/c1-2-8-16-9-11-12(15)4-3-5-13(11)21-14-17-18-19-20(14)10-6-7-10/h3-5,10,16H,2,6-9H2,1H3. The Kier molecular flexibility index (Phi) is 4.50. The van der Waals surface area contributed by atoms with Gasteiger partial charge in [-0.2, -0.15) is 0 Å². The molecule has 7 heteroatoms. The fraction of sp³-hybridized carbons (Fsp3) is 0.500. The largest absolute Gasteiger partial charge is 0.313 e. The first-order chi connectivity index (χ1) is 10.3. The van der Waals surface area contributed by atoms with Crippen LogP contribution >= 0.6 is 11.8 Å². The predicted molar refractivity (Wildman–Crippen MR) is 78.6 cm³/mol. The lowest BCUT2D eigenvalue weighted by Crippen LogP contribution is -2.15. The molecule has 0 radical (unpaired) electrons. The van der Waals surface area contributed by atoms with Crippen LogP contribution in [0.2, 0.25) is 0 Å². The van der Waals surface area contributed by atoms with E-state index >= 15 is 0 Å². The van der Waals surface area contributed by atoms with Crippen LogP contribution < -0.4 is 5.32 Å². The minimum Gasteiger partial charge on any atom is -0.313 e. The van der Waals surface area contributed by atoms with Gasteiger partial charge in [0.25, 0.3) is 0 Å². The van der Waals surface area contributed by atoms with Crippen molar-refractivity contribution in [2.75, 3.05) is 6.54 Å². The molecular weight excluding hydrogens is 289 g/mol. The lowest BCUT2D eigenvalue weighted by molar-refractivity contribution is 0.564. The van der Waals surface area contributed by atoms with Crippen LogP contribution in [0.5, 0.6) is 0 Å². The van der Waals surface area contributed by atoms with Crippen molar-refractivity contribution in [2.24, 2.45) is 0 Å². The highest BCUT2D eigenvalue weighted by Crippen LogP contribution is 2.38. The smallest absolute Gasteiger partial charge is 0.214 e. The maximum atomic E-state index is 14.1. The van der Waals surface area contributed by atoms with Crippen LogP contribution in [-0.2, 0) is 6.54 Å². The van der Waals surface area contributed by atoms with Gasteiger partial charge in [0.15, 0.2) is 0 Å². The number of nitrogens with zero attached hydrogens (tertiary/aromatic N) is 4. The highest BCUT2D eigenvalue weighted by Gasteiger charge is 2.28. The molecule has 0 amide bonds. The van der Waals surface area contributed by atoms with Crippen molar-refractivity contribution in [2.45, 2.75) is 48.8 Å². The van der Waals surface area contributed by atoms with Crippen molar-refractivity contribution < 1.29 is 4.39 Å². The molecule has 21 heavy (non-hydrogen) atoms. The molecule has 0 saturated heterocycles. The summed E-state index contributed by atoms with van der Waals surface area (Å²) in [6.07, 6.45) is 3.26. The third-order valence-electron chi connectivity index (χ3n) is 3.36. The topological polar surface area (TPSA) is 55.6 Å². The number of hydrogen-bond donors (Lipinski definition) is 1. The molecule has 3 rings (SSSR count). The van der Waals surface area contributed by atoms with Gasteiger partial charge in [-0.25, -0.2) is 9.07 Å². The Bertz CT molecular complexity index is 611. The van der Waals surface area contributed by atoms with Crippen molar-refractivity contribution in [3.63, 3.8) is 0 Å². The molecule has 5 nitrogen and oxygen atoms in total. The molecule has 1 N–H and O–H groups in total. The van der Waals surface area contributed by atoms with Gasteiger partial charge in [-0.05, 0) is 60.1 Å². The van der Waals surface area contributed by atoms with Crippen LogP contribution in [-0.4, -0.2) is 26.8 Å². The molecule has 1 aliphatic rings. The van der Waals surface area contributed by atoms with E-state index in [2.05, 4.69) is 27.8 Å². The molecule has 0 atom stereocenters. The number of tetrazole rings is 1. The van der Waals surface area contributed by atoms with Crippen molar-refractivity contribution in [3.05, 3.63) is 29.6 Å². The van der Waals surface area contributed by atoms with E-state index in [9.17, 15) is 4.39 Å².